The highest BCUT2D eigenvalue weighted by Gasteiger charge is 2.18. The van der Waals surface area contributed by atoms with Crippen LogP contribution in [0, 0.1) is 5.92 Å². The van der Waals surface area contributed by atoms with E-state index in [0.29, 0.717) is 29.7 Å². The molecule has 1 aromatic rings. The molecule has 0 radical (unpaired) electrons. The molecule has 1 heterocycles. The first-order chi connectivity index (χ1) is 11.4. The smallest absolute Gasteiger partial charge is 0.239 e. The number of rotatable bonds is 6. The van der Waals surface area contributed by atoms with Crippen LogP contribution in [0.3, 0.4) is 0 Å². The molecule has 2 rings (SSSR count). The summed E-state index contributed by atoms with van der Waals surface area (Å²) in [7, 11) is 0. The number of amides is 2. The fourth-order valence-corrected chi connectivity index (χ4v) is 2.41. The highest BCUT2D eigenvalue weighted by atomic mass is 35.5. The Kier molecular flexibility index (Phi) is 6.28. The monoisotopic (exact) mass is 355 g/mol. The van der Waals surface area contributed by atoms with Gasteiger partial charge in [-0.3, -0.25) is 9.59 Å². The van der Waals surface area contributed by atoms with Crippen LogP contribution in [0.5, 0.6) is 11.5 Å². The minimum absolute atomic E-state index is 0.00733. The molecular weight excluding hydrogens is 334 g/mol. The zero-order valence-corrected chi connectivity index (χ0v) is 14.5. The summed E-state index contributed by atoms with van der Waals surface area (Å²) in [6.07, 6.45) is 0. The third kappa shape index (κ3) is 4.75. The average molecular weight is 356 g/mol. The van der Waals surface area contributed by atoms with Gasteiger partial charge in [0.25, 0.3) is 0 Å². The Labute approximate surface area is 145 Å². The van der Waals surface area contributed by atoms with Crippen molar-refractivity contribution in [2.75, 3.05) is 19.8 Å². The number of carbonyl (C=O) groups is 2. The van der Waals surface area contributed by atoms with Gasteiger partial charge in [0.1, 0.15) is 13.2 Å². The molecule has 0 saturated heterocycles. The molecule has 8 heteroatoms. The lowest BCUT2D eigenvalue weighted by atomic mass is 10.1. The van der Waals surface area contributed by atoms with E-state index in [1.807, 2.05) is 13.8 Å². The van der Waals surface area contributed by atoms with Crippen LogP contribution in [-0.2, 0) is 16.1 Å². The first kappa shape index (κ1) is 18.4. The van der Waals surface area contributed by atoms with Crippen LogP contribution < -0.4 is 25.8 Å². The fourth-order valence-electron chi connectivity index (χ4n) is 2.12. The Morgan fingerprint density at radius 1 is 1.25 bits per heavy atom. The molecule has 132 valence electrons. The Balaban J connectivity index is 1.84. The third-order valence-electron chi connectivity index (χ3n) is 3.59. The van der Waals surface area contributed by atoms with Crippen LogP contribution in [0.1, 0.15) is 19.4 Å². The van der Waals surface area contributed by atoms with Gasteiger partial charge in [-0.2, -0.15) is 0 Å². The zero-order valence-electron chi connectivity index (χ0n) is 13.7. The second kappa shape index (κ2) is 8.21. The standard InChI is InChI=1S/C16H22ClN3O4/c1-9(2)14(18)16(22)20-8-13(21)19-7-10-5-11(17)15-12(6-10)23-3-4-24-15/h5-6,9,14H,3-4,7-8,18H2,1-2H3,(H,19,21)(H,20,22)/t14-/m0/s1. The number of fused-ring (bicyclic) bond motifs is 1. The van der Waals surface area contributed by atoms with Crippen molar-refractivity contribution in [3.8, 4) is 11.5 Å². The highest BCUT2D eigenvalue weighted by Crippen LogP contribution is 2.38. The molecule has 0 spiro atoms. The van der Waals surface area contributed by atoms with Crippen molar-refractivity contribution < 1.29 is 19.1 Å². The largest absolute Gasteiger partial charge is 0.486 e. The van der Waals surface area contributed by atoms with Crippen molar-refractivity contribution in [3.63, 3.8) is 0 Å². The molecule has 1 aromatic carbocycles. The maximum atomic E-state index is 11.8. The van der Waals surface area contributed by atoms with Gasteiger partial charge in [-0.05, 0) is 23.6 Å². The number of hydrogen-bond acceptors (Lipinski definition) is 5. The van der Waals surface area contributed by atoms with Gasteiger partial charge in [-0.15, -0.1) is 0 Å². The number of ether oxygens (including phenoxy) is 2. The number of benzene rings is 1. The van der Waals surface area contributed by atoms with Crippen LogP contribution in [0.4, 0.5) is 0 Å². The van der Waals surface area contributed by atoms with Gasteiger partial charge < -0.3 is 25.8 Å². The SMILES string of the molecule is CC(C)[C@H](N)C(=O)NCC(=O)NCc1cc(Cl)c2c(c1)OCCO2. The summed E-state index contributed by atoms with van der Waals surface area (Å²) in [4.78, 5) is 23.5. The van der Waals surface area contributed by atoms with E-state index < -0.39 is 6.04 Å². The molecule has 0 saturated carbocycles. The van der Waals surface area contributed by atoms with Gasteiger partial charge >= 0.3 is 0 Å². The molecule has 1 aliphatic rings. The van der Waals surface area contributed by atoms with Gasteiger partial charge in [0.2, 0.25) is 11.8 Å². The van der Waals surface area contributed by atoms with E-state index in [-0.39, 0.29) is 30.8 Å². The van der Waals surface area contributed by atoms with Gasteiger partial charge in [0, 0.05) is 6.54 Å². The molecule has 0 bridgehead atoms. The molecule has 1 aliphatic heterocycles. The average Bonchev–Trinajstić information content (AvgIpc) is 2.57. The van der Waals surface area contributed by atoms with Gasteiger partial charge in [-0.25, -0.2) is 0 Å². The molecular formula is C16H22ClN3O4. The maximum absolute atomic E-state index is 11.8. The Hall–Kier alpha value is -1.99. The quantitative estimate of drug-likeness (QED) is 0.701. The lowest BCUT2D eigenvalue weighted by Crippen LogP contribution is -2.47. The summed E-state index contributed by atoms with van der Waals surface area (Å²) < 4.78 is 10.9. The topological polar surface area (TPSA) is 103 Å². The van der Waals surface area contributed by atoms with E-state index in [9.17, 15) is 9.59 Å². The molecule has 1 atom stereocenters. The Bertz CT molecular complexity index is 622. The maximum Gasteiger partial charge on any atom is 0.239 e. The predicted molar refractivity (Wildman–Crippen MR) is 90.1 cm³/mol. The van der Waals surface area contributed by atoms with E-state index in [2.05, 4.69) is 10.6 Å². The van der Waals surface area contributed by atoms with Crippen molar-refractivity contribution >= 4 is 23.4 Å². The first-order valence-electron chi connectivity index (χ1n) is 7.76. The van der Waals surface area contributed by atoms with Crippen LogP contribution in [-0.4, -0.2) is 37.6 Å². The van der Waals surface area contributed by atoms with Gasteiger partial charge in [0.05, 0.1) is 17.6 Å². The van der Waals surface area contributed by atoms with Crippen molar-refractivity contribution in [2.45, 2.75) is 26.4 Å². The van der Waals surface area contributed by atoms with E-state index in [1.165, 1.54) is 0 Å². The minimum atomic E-state index is -0.630. The second-order valence-corrected chi connectivity index (χ2v) is 6.27. The van der Waals surface area contributed by atoms with E-state index >= 15 is 0 Å². The van der Waals surface area contributed by atoms with Gasteiger partial charge in [-0.1, -0.05) is 25.4 Å². The number of nitrogens with two attached hydrogens (primary N) is 1. The highest BCUT2D eigenvalue weighted by molar-refractivity contribution is 6.32. The predicted octanol–water partition coefficient (Wildman–Crippen LogP) is 0.827. The number of halogens is 1. The van der Waals surface area contributed by atoms with Crippen molar-refractivity contribution in [1.29, 1.82) is 0 Å². The van der Waals surface area contributed by atoms with E-state index in [4.69, 9.17) is 26.8 Å². The van der Waals surface area contributed by atoms with E-state index in [0.717, 1.165) is 5.56 Å². The first-order valence-corrected chi connectivity index (χ1v) is 8.14. The lowest BCUT2D eigenvalue weighted by molar-refractivity contribution is -0.127. The third-order valence-corrected chi connectivity index (χ3v) is 3.87. The molecule has 24 heavy (non-hydrogen) atoms. The van der Waals surface area contributed by atoms with Crippen molar-refractivity contribution in [3.05, 3.63) is 22.7 Å². The molecule has 0 fully saturated rings. The van der Waals surface area contributed by atoms with E-state index in [1.54, 1.807) is 12.1 Å². The number of hydrogen-bond donors (Lipinski definition) is 3. The lowest BCUT2D eigenvalue weighted by Gasteiger charge is -2.20. The molecule has 0 aliphatic carbocycles. The molecule has 0 unspecified atom stereocenters. The van der Waals surface area contributed by atoms with Crippen LogP contribution >= 0.6 is 11.6 Å². The summed E-state index contributed by atoms with van der Waals surface area (Å²) >= 11 is 6.14. The minimum Gasteiger partial charge on any atom is -0.486 e. The molecule has 7 nitrogen and oxygen atoms in total. The number of nitrogens with one attached hydrogen (secondary N) is 2. The van der Waals surface area contributed by atoms with Crippen molar-refractivity contribution in [2.24, 2.45) is 11.7 Å². The second-order valence-electron chi connectivity index (χ2n) is 5.87. The summed E-state index contributed by atoms with van der Waals surface area (Å²) in [6, 6.07) is 2.85. The fraction of sp³-hybridized carbons (Fsp3) is 0.500. The van der Waals surface area contributed by atoms with Crippen molar-refractivity contribution in [1.82, 2.24) is 10.6 Å². The van der Waals surface area contributed by atoms with Gasteiger partial charge in [0.15, 0.2) is 11.5 Å². The summed E-state index contributed by atoms with van der Waals surface area (Å²) in [6.45, 7) is 4.74. The Morgan fingerprint density at radius 2 is 1.96 bits per heavy atom. The summed E-state index contributed by atoms with van der Waals surface area (Å²) in [5, 5.41) is 5.66. The number of carbonyl (C=O) groups excluding carboxylic acids is 2. The van der Waals surface area contributed by atoms with Crippen LogP contribution in [0.15, 0.2) is 12.1 Å². The Morgan fingerprint density at radius 3 is 2.67 bits per heavy atom. The summed E-state index contributed by atoms with van der Waals surface area (Å²) in [5.41, 5.74) is 6.49. The molecule has 4 N–H and O–H groups in total. The van der Waals surface area contributed by atoms with Crippen LogP contribution in [0.25, 0.3) is 0 Å². The molecule has 0 aromatic heterocycles. The van der Waals surface area contributed by atoms with Crippen LogP contribution in [0.2, 0.25) is 5.02 Å². The molecule has 2 amide bonds. The summed E-state index contributed by atoms with van der Waals surface area (Å²) in [5.74, 6) is 0.433. The normalized spacial score (nSPS) is 14.2. The zero-order chi connectivity index (χ0) is 17.7.